The molecular weight excluding hydrogens is 434 g/mol. The van der Waals surface area contributed by atoms with E-state index in [0.29, 0.717) is 5.84 Å². The molecule has 0 saturated heterocycles. The zero-order valence-electron chi connectivity index (χ0n) is 15.9. The number of hydrazone groups is 1. The van der Waals surface area contributed by atoms with E-state index in [2.05, 4.69) is 65.5 Å². The highest BCUT2D eigenvalue weighted by atomic mass is 79.9. The summed E-state index contributed by atoms with van der Waals surface area (Å²) in [6.45, 7) is 5.74. The molecule has 0 spiro atoms. The average molecular weight is 454 g/mol. The molecule has 0 bridgehead atoms. The van der Waals surface area contributed by atoms with Crippen molar-refractivity contribution in [2.24, 2.45) is 5.10 Å². The Morgan fingerprint density at radius 2 is 1.64 bits per heavy atom. The largest absolute Gasteiger partial charge is 0.294 e. The first-order chi connectivity index (χ1) is 13.5. The minimum Gasteiger partial charge on any atom is -0.294 e. The van der Waals surface area contributed by atoms with Crippen LogP contribution < -0.4 is 9.91 Å². The first kappa shape index (κ1) is 18.9. The lowest BCUT2D eigenvalue weighted by Crippen LogP contribution is -2.37. The van der Waals surface area contributed by atoms with E-state index in [1.807, 2.05) is 34.2 Å². The molecule has 28 heavy (non-hydrogen) atoms. The molecule has 1 aromatic heterocycles. The highest BCUT2D eigenvalue weighted by molar-refractivity contribution is 9.10. The van der Waals surface area contributed by atoms with Gasteiger partial charge in [0.15, 0.2) is 17.8 Å². The monoisotopic (exact) mass is 453 g/mol. The van der Waals surface area contributed by atoms with Gasteiger partial charge in [-0.15, -0.1) is 16.4 Å². The molecular formula is C22H20BrN3OS. The second-order valence-electron chi connectivity index (χ2n) is 6.85. The molecule has 6 heteroatoms. The van der Waals surface area contributed by atoms with Gasteiger partial charge in [0, 0.05) is 17.1 Å². The molecule has 0 radical (unpaired) electrons. The van der Waals surface area contributed by atoms with Crippen LogP contribution in [0.25, 0.3) is 0 Å². The number of amidine groups is 1. The van der Waals surface area contributed by atoms with E-state index in [1.54, 1.807) is 18.3 Å². The van der Waals surface area contributed by atoms with Crippen LogP contribution >= 0.6 is 27.3 Å². The minimum atomic E-state index is -0.206. The molecule has 0 saturated carbocycles. The summed E-state index contributed by atoms with van der Waals surface area (Å²) in [6.07, 6.45) is -0.206. The molecule has 0 aliphatic carbocycles. The molecule has 2 aromatic carbocycles. The third-order valence-electron chi connectivity index (χ3n) is 4.76. The Morgan fingerprint density at radius 1 is 1.00 bits per heavy atom. The summed E-state index contributed by atoms with van der Waals surface area (Å²) in [5.41, 5.74) is 4.27. The van der Waals surface area contributed by atoms with Gasteiger partial charge in [-0.25, -0.2) is 5.01 Å². The Hall–Kier alpha value is -2.44. The lowest BCUT2D eigenvalue weighted by atomic mass is 10.1. The summed E-state index contributed by atoms with van der Waals surface area (Å²) >= 11 is 5.18. The van der Waals surface area contributed by atoms with E-state index in [-0.39, 0.29) is 11.9 Å². The van der Waals surface area contributed by atoms with Gasteiger partial charge in [0.1, 0.15) is 0 Å². The molecule has 0 N–H and O–H groups in total. The number of ketones is 1. The summed E-state index contributed by atoms with van der Waals surface area (Å²) in [4.78, 5) is 15.7. The van der Waals surface area contributed by atoms with Crippen LogP contribution in [0.1, 0.15) is 29.1 Å². The van der Waals surface area contributed by atoms with Crippen LogP contribution in [0.4, 0.5) is 11.4 Å². The summed E-state index contributed by atoms with van der Waals surface area (Å²) in [5.74, 6) is 0.387. The third kappa shape index (κ3) is 3.38. The van der Waals surface area contributed by atoms with Crippen molar-refractivity contribution in [1.29, 1.82) is 0 Å². The van der Waals surface area contributed by atoms with Crippen molar-refractivity contribution in [2.75, 3.05) is 9.91 Å². The maximum atomic E-state index is 12.5. The Bertz CT molecular complexity index is 1040. The number of nitrogens with zero attached hydrogens (tertiary/aromatic N) is 3. The average Bonchev–Trinajstić information content (AvgIpc) is 3.26. The summed E-state index contributed by atoms with van der Waals surface area (Å²) < 4.78 is 0.996. The van der Waals surface area contributed by atoms with Gasteiger partial charge in [-0.3, -0.25) is 9.69 Å². The normalized spacial score (nSPS) is 16.4. The van der Waals surface area contributed by atoms with E-state index in [0.717, 1.165) is 15.8 Å². The standard InChI is InChI=1S/C22H20BrN3OS/c1-14-4-8-19(9-5-14)26-22(20-15(2)12-13-28-20)25(21(24-26)16(3)27)18-10-6-17(23)7-11-18/h4-13,22H,1-3H3/t22-/m1/s1. The van der Waals surface area contributed by atoms with Crippen molar-refractivity contribution in [2.45, 2.75) is 26.9 Å². The first-order valence-electron chi connectivity index (χ1n) is 9.00. The Morgan fingerprint density at radius 3 is 2.21 bits per heavy atom. The molecule has 1 aliphatic rings. The number of thiophene rings is 1. The number of rotatable bonds is 4. The SMILES string of the molecule is CC(=O)C1=NN(c2ccc(C)cc2)[C@H](c2sccc2C)N1c1ccc(Br)cc1. The summed E-state index contributed by atoms with van der Waals surface area (Å²) in [7, 11) is 0. The molecule has 0 fully saturated rings. The van der Waals surface area contributed by atoms with Gasteiger partial charge >= 0.3 is 0 Å². The number of carbonyl (C=O) groups excluding carboxylic acids is 1. The zero-order chi connectivity index (χ0) is 19.8. The van der Waals surface area contributed by atoms with Crippen LogP contribution in [-0.4, -0.2) is 11.6 Å². The molecule has 142 valence electrons. The van der Waals surface area contributed by atoms with Crippen LogP contribution in [0.3, 0.4) is 0 Å². The van der Waals surface area contributed by atoms with Crippen LogP contribution in [0.15, 0.2) is 69.6 Å². The predicted molar refractivity (Wildman–Crippen MR) is 120 cm³/mol. The van der Waals surface area contributed by atoms with Gasteiger partial charge in [-0.05, 0) is 67.3 Å². The van der Waals surface area contributed by atoms with Crippen LogP contribution in [0, 0.1) is 13.8 Å². The smallest absolute Gasteiger partial charge is 0.198 e. The van der Waals surface area contributed by atoms with E-state index in [1.165, 1.54) is 16.0 Å². The van der Waals surface area contributed by atoms with Crippen molar-refractivity contribution >= 4 is 50.3 Å². The van der Waals surface area contributed by atoms with Gasteiger partial charge in [-0.1, -0.05) is 33.6 Å². The van der Waals surface area contributed by atoms with Crippen molar-refractivity contribution < 1.29 is 4.79 Å². The summed E-state index contributed by atoms with van der Waals surface area (Å²) in [6, 6.07) is 18.3. The van der Waals surface area contributed by atoms with Crippen LogP contribution in [-0.2, 0) is 4.79 Å². The zero-order valence-corrected chi connectivity index (χ0v) is 18.3. The van der Waals surface area contributed by atoms with Gasteiger partial charge < -0.3 is 0 Å². The van der Waals surface area contributed by atoms with Gasteiger partial charge in [0.05, 0.1) is 10.6 Å². The third-order valence-corrected chi connectivity index (χ3v) is 6.35. The Labute approximate surface area is 177 Å². The fourth-order valence-corrected chi connectivity index (χ4v) is 4.57. The number of hydrogen-bond acceptors (Lipinski definition) is 5. The number of halogens is 1. The van der Waals surface area contributed by atoms with E-state index < -0.39 is 0 Å². The number of anilines is 2. The number of Topliss-reactive ketones (excluding diaryl/α,β-unsaturated/α-hetero) is 1. The summed E-state index contributed by atoms with van der Waals surface area (Å²) in [5, 5.41) is 8.81. The van der Waals surface area contributed by atoms with Crippen LogP contribution in [0.2, 0.25) is 0 Å². The van der Waals surface area contributed by atoms with Crippen LogP contribution in [0.5, 0.6) is 0 Å². The van der Waals surface area contributed by atoms with Gasteiger partial charge in [-0.2, -0.15) is 0 Å². The maximum absolute atomic E-state index is 12.5. The second-order valence-corrected chi connectivity index (χ2v) is 8.71. The number of carbonyl (C=O) groups is 1. The molecule has 2 heterocycles. The fourth-order valence-electron chi connectivity index (χ4n) is 3.31. The molecule has 1 atom stereocenters. The highest BCUT2D eigenvalue weighted by Crippen LogP contribution is 2.42. The quantitative estimate of drug-likeness (QED) is 0.481. The lowest BCUT2D eigenvalue weighted by Gasteiger charge is -2.31. The van der Waals surface area contributed by atoms with Gasteiger partial charge in [0.25, 0.3) is 0 Å². The molecule has 0 unspecified atom stereocenters. The first-order valence-corrected chi connectivity index (χ1v) is 10.7. The Balaban J connectivity index is 1.90. The van der Waals surface area contributed by atoms with Crippen molar-refractivity contribution in [3.8, 4) is 0 Å². The maximum Gasteiger partial charge on any atom is 0.198 e. The highest BCUT2D eigenvalue weighted by Gasteiger charge is 2.40. The lowest BCUT2D eigenvalue weighted by molar-refractivity contribution is -0.111. The fraction of sp³-hybridized carbons (Fsp3) is 0.182. The second kappa shape index (κ2) is 7.53. The van der Waals surface area contributed by atoms with E-state index in [9.17, 15) is 4.79 Å². The van der Waals surface area contributed by atoms with Crippen molar-refractivity contribution in [3.05, 3.63) is 80.5 Å². The van der Waals surface area contributed by atoms with Crippen molar-refractivity contribution in [1.82, 2.24) is 0 Å². The minimum absolute atomic E-state index is 0.0586. The molecule has 4 rings (SSSR count). The topological polar surface area (TPSA) is 35.9 Å². The molecule has 4 nitrogen and oxygen atoms in total. The van der Waals surface area contributed by atoms with E-state index >= 15 is 0 Å². The number of aryl methyl sites for hydroxylation is 2. The Kier molecular flexibility index (Phi) is 5.08. The van der Waals surface area contributed by atoms with Crippen molar-refractivity contribution in [3.63, 3.8) is 0 Å². The molecule has 1 aliphatic heterocycles. The molecule has 3 aromatic rings. The van der Waals surface area contributed by atoms with E-state index in [4.69, 9.17) is 5.10 Å². The van der Waals surface area contributed by atoms with Gasteiger partial charge in [0.2, 0.25) is 0 Å². The number of benzene rings is 2. The predicted octanol–water partition coefficient (Wildman–Crippen LogP) is 6.06. The molecule has 0 amide bonds. The number of hydrogen-bond donors (Lipinski definition) is 0.